The summed E-state index contributed by atoms with van der Waals surface area (Å²) in [6.45, 7) is 3.88. The zero-order valence-corrected chi connectivity index (χ0v) is 14.1. The highest BCUT2D eigenvalue weighted by molar-refractivity contribution is 7.17. The number of carbonyl (C=O) groups excluding carboxylic acids is 1. The van der Waals surface area contributed by atoms with E-state index >= 15 is 0 Å². The van der Waals surface area contributed by atoms with Crippen LogP contribution in [-0.2, 0) is 0 Å². The van der Waals surface area contributed by atoms with Crippen LogP contribution in [0.5, 0.6) is 5.75 Å². The van der Waals surface area contributed by atoms with Gasteiger partial charge in [0.1, 0.15) is 10.6 Å². The molecule has 3 rings (SSSR count). The molecule has 1 saturated heterocycles. The van der Waals surface area contributed by atoms with E-state index in [0.29, 0.717) is 23.8 Å². The highest BCUT2D eigenvalue weighted by atomic mass is 32.1. The van der Waals surface area contributed by atoms with Crippen molar-refractivity contribution in [3.8, 4) is 16.2 Å². The number of piperidine rings is 1. The van der Waals surface area contributed by atoms with E-state index in [0.717, 1.165) is 29.8 Å². The maximum atomic E-state index is 12.9. The molecule has 0 spiro atoms. The van der Waals surface area contributed by atoms with E-state index in [9.17, 15) is 4.79 Å². The first kappa shape index (κ1) is 16.0. The van der Waals surface area contributed by atoms with Crippen molar-refractivity contribution in [2.24, 2.45) is 5.73 Å². The third kappa shape index (κ3) is 3.57. The van der Waals surface area contributed by atoms with Gasteiger partial charge in [0.05, 0.1) is 6.61 Å². The van der Waals surface area contributed by atoms with E-state index in [4.69, 9.17) is 10.5 Å². The van der Waals surface area contributed by atoms with Gasteiger partial charge in [0.15, 0.2) is 0 Å². The van der Waals surface area contributed by atoms with Crippen LogP contribution in [0.25, 0.3) is 10.4 Å². The van der Waals surface area contributed by atoms with Gasteiger partial charge in [0, 0.05) is 24.0 Å². The van der Waals surface area contributed by atoms with E-state index in [1.54, 1.807) is 0 Å². The van der Waals surface area contributed by atoms with E-state index in [1.807, 2.05) is 48.2 Å². The first-order valence-electron chi connectivity index (χ1n) is 8.06. The second-order valence-electron chi connectivity index (χ2n) is 5.76. The molecule has 1 aliphatic rings. The summed E-state index contributed by atoms with van der Waals surface area (Å²) in [7, 11) is 0. The van der Waals surface area contributed by atoms with Crippen molar-refractivity contribution in [2.45, 2.75) is 25.8 Å². The minimum atomic E-state index is 0.0378. The quantitative estimate of drug-likeness (QED) is 0.935. The van der Waals surface area contributed by atoms with Gasteiger partial charge < -0.3 is 15.4 Å². The van der Waals surface area contributed by atoms with Crippen molar-refractivity contribution in [1.82, 2.24) is 4.90 Å². The molecule has 1 amide bonds. The number of ether oxygens (including phenoxy) is 1. The Hall–Kier alpha value is -1.85. The lowest BCUT2D eigenvalue weighted by molar-refractivity contribution is 0.0710. The van der Waals surface area contributed by atoms with Crippen LogP contribution in [0.15, 0.2) is 36.4 Å². The largest absolute Gasteiger partial charge is 0.492 e. The molecule has 2 heterocycles. The minimum Gasteiger partial charge on any atom is -0.492 e. The lowest BCUT2D eigenvalue weighted by atomic mass is 10.1. The van der Waals surface area contributed by atoms with E-state index in [2.05, 4.69) is 0 Å². The summed E-state index contributed by atoms with van der Waals surface area (Å²) in [5, 5.41) is 0. The number of thiophene rings is 1. The molecule has 1 aliphatic heterocycles. The monoisotopic (exact) mass is 330 g/mol. The molecule has 122 valence electrons. The second kappa shape index (κ2) is 7.15. The van der Waals surface area contributed by atoms with Crippen molar-refractivity contribution in [3.05, 3.63) is 41.3 Å². The number of amides is 1. The van der Waals surface area contributed by atoms with E-state index < -0.39 is 0 Å². The van der Waals surface area contributed by atoms with Gasteiger partial charge in [0.25, 0.3) is 5.91 Å². The molecule has 1 unspecified atom stereocenters. The SMILES string of the molecule is CCOc1cc(-c2ccccc2)sc1C(=O)N1CCCC(N)C1. The molecule has 23 heavy (non-hydrogen) atoms. The highest BCUT2D eigenvalue weighted by Gasteiger charge is 2.26. The fourth-order valence-electron chi connectivity index (χ4n) is 2.87. The molecule has 5 heteroatoms. The molecule has 1 aromatic heterocycles. The van der Waals surface area contributed by atoms with Gasteiger partial charge in [-0.2, -0.15) is 0 Å². The highest BCUT2D eigenvalue weighted by Crippen LogP contribution is 2.37. The lowest BCUT2D eigenvalue weighted by Crippen LogP contribution is -2.45. The van der Waals surface area contributed by atoms with E-state index in [-0.39, 0.29) is 11.9 Å². The Kier molecular flexibility index (Phi) is 4.98. The van der Waals surface area contributed by atoms with Gasteiger partial charge in [-0.3, -0.25) is 4.79 Å². The van der Waals surface area contributed by atoms with Crippen LogP contribution in [-0.4, -0.2) is 36.5 Å². The van der Waals surface area contributed by atoms with Gasteiger partial charge in [0.2, 0.25) is 0 Å². The topological polar surface area (TPSA) is 55.6 Å². The summed E-state index contributed by atoms with van der Waals surface area (Å²) in [6.07, 6.45) is 1.95. The van der Waals surface area contributed by atoms with Gasteiger partial charge in [-0.1, -0.05) is 30.3 Å². The molecule has 4 nitrogen and oxygen atoms in total. The molecule has 1 fully saturated rings. The Morgan fingerprint density at radius 1 is 1.39 bits per heavy atom. The molecule has 2 aromatic rings. The average Bonchev–Trinajstić information content (AvgIpc) is 2.99. The molecule has 2 N–H and O–H groups in total. The van der Waals surface area contributed by atoms with Gasteiger partial charge in [-0.05, 0) is 31.4 Å². The molecular formula is C18H22N2O2S. The number of nitrogens with two attached hydrogens (primary N) is 1. The summed E-state index contributed by atoms with van der Waals surface area (Å²) in [4.78, 5) is 16.5. The van der Waals surface area contributed by atoms with Crippen LogP contribution >= 0.6 is 11.3 Å². The summed E-state index contributed by atoms with van der Waals surface area (Å²) in [5.41, 5.74) is 7.12. The van der Waals surface area contributed by atoms with Gasteiger partial charge >= 0.3 is 0 Å². The summed E-state index contributed by atoms with van der Waals surface area (Å²) in [5.74, 6) is 0.719. The summed E-state index contributed by atoms with van der Waals surface area (Å²) < 4.78 is 5.71. The Bertz CT molecular complexity index is 669. The van der Waals surface area contributed by atoms with E-state index in [1.165, 1.54) is 11.3 Å². The summed E-state index contributed by atoms with van der Waals surface area (Å²) >= 11 is 1.50. The first-order chi connectivity index (χ1) is 11.2. The number of hydrogen-bond acceptors (Lipinski definition) is 4. The Balaban J connectivity index is 1.90. The molecule has 1 atom stereocenters. The number of benzene rings is 1. The Labute approximate surface area is 140 Å². The van der Waals surface area contributed by atoms with Crippen molar-refractivity contribution in [1.29, 1.82) is 0 Å². The normalized spacial score (nSPS) is 18.0. The van der Waals surface area contributed by atoms with Crippen LogP contribution in [0.2, 0.25) is 0 Å². The fraction of sp³-hybridized carbons (Fsp3) is 0.389. The molecule has 0 radical (unpaired) electrons. The van der Waals surface area contributed by atoms with Crippen molar-refractivity contribution >= 4 is 17.2 Å². The number of nitrogens with zero attached hydrogens (tertiary/aromatic N) is 1. The molecule has 1 aromatic carbocycles. The predicted octanol–water partition coefficient (Wildman–Crippen LogP) is 3.38. The minimum absolute atomic E-state index is 0.0378. The van der Waals surface area contributed by atoms with Crippen LogP contribution in [0.4, 0.5) is 0 Å². The van der Waals surface area contributed by atoms with Gasteiger partial charge in [-0.25, -0.2) is 0 Å². The maximum absolute atomic E-state index is 12.9. The standard InChI is InChI=1S/C18H22N2O2S/c1-2-22-15-11-16(13-7-4-3-5-8-13)23-17(15)18(21)20-10-6-9-14(19)12-20/h3-5,7-8,11,14H,2,6,9-10,12,19H2,1H3. The second-order valence-corrected chi connectivity index (χ2v) is 6.81. The van der Waals surface area contributed by atoms with Crippen LogP contribution in [0.3, 0.4) is 0 Å². The maximum Gasteiger partial charge on any atom is 0.267 e. The number of hydrogen-bond donors (Lipinski definition) is 1. The van der Waals surface area contributed by atoms with Gasteiger partial charge in [-0.15, -0.1) is 11.3 Å². The predicted molar refractivity (Wildman–Crippen MR) is 94.0 cm³/mol. The zero-order valence-electron chi connectivity index (χ0n) is 13.3. The molecule has 0 bridgehead atoms. The van der Waals surface area contributed by atoms with Crippen LogP contribution in [0.1, 0.15) is 29.4 Å². The zero-order chi connectivity index (χ0) is 16.2. The number of rotatable bonds is 4. The smallest absolute Gasteiger partial charge is 0.267 e. The van der Waals surface area contributed by atoms with Crippen molar-refractivity contribution < 1.29 is 9.53 Å². The third-order valence-corrected chi connectivity index (χ3v) is 5.15. The van der Waals surface area contributed by atoms with Crippen LogP contribution < -0.4 is 10.5 Å². The van der Waals surface area contributed by atoms with Crippen molar-refractivity contribution in [3.63, 3.8) is 0 Å². The first-order valence-corrected chi connectivity index (χ1v) is 8.87. The summed E-state index contributed by atoms with van der Waals surface area (Å²) in [6, 6.07) is 12.1. The molecule has 0 saturated carbocycles. The number of carbonyl (C=O) groups is 1. The Morgan fingerprint density at radius 3 is 2.87 bits per heavy atom. The number of likely N-dealkylation sites (tertiary alicyclic amines) is 1. The lowest BCUT2D eigenvalue weighted by Gasteiger charge is -2.30. The third-order valence-electron chi connectivity index (χ3n) is 4.00. The molecule has 0 aliphatic carbocycles. The van der Waals surface area contributed by atoms with Crippen molar-refractivity contribution in [2.75, 3.05) is 19.7 Å². The average molecular weight is 330 g/mol. The fourth-order valence-corrected chi connectivity index (χ4v) is 3.94. The molecular weight excluding hydrogens is 308 g/mol. The Morgan fingerprint density at radius 2 is 2.17 bits per heavy atom. The van der Waals surface area contributed by atoms with Crippen LogP contribution in [0, 0.1) is 0 Å².